The zero-order valence-corrected chi connectivity index (χ0v) is 25.1. The molecule has 8 heteroatoms. The normalized spacial score (nSPS) is 14.3. The first kappa shape index (κ1) is 29.3. The number of carboxylic acids is 1. The van der Waals surface area contributed by atoms with Crippen molar-refractivity contribution < 1.29 is 30.0 Å². The second kappa shape index (κ2) is 12.4. The van der Waals surface area contributed by atoms with Gasteiger partial charge in [0.05, 0.1) is 11.1 Å². The number of rotatable bonds is 4. The molecule has 0 saturated carbocycles. The van der Waals surface area contributed by atoms with Crippen LogP contribution >= 0.6 is 0 Å². The predicted octanol–water partition coefficient (Wildman–Crippen LogP) is 6.05. The van der Waals surface area contributed by atoms with E-state index in [-0.39, 0.29) is 25.8 Å². The molecule has 213 valence electrons. The first-order valence-corrected chi connectivity index (χ1v) is 13.2. The van der Waals surface area contributed by atoms with Crippen LogP contribution in [0.25, 0.3) is 22.4 Å². The van der Waals surface area contributed by atoms with Crippen molar-refractivity contribution in [2.75, 3.05) is 11.5 Å². The van der Waals surface area contributed by atoms with Crippen LogP contribution < -0.4 is 11.5 Å². The Kier molecular flexibility index (Phi) is 8.43. The summed E-state index contributed by atoms with van der Waals surface area (Å²) in [6.45, 7) is 0. The molecule has 0 aliphatic heterocycles. The number of aromatic nitrogens is 3. The number of hydrogen-bond donors (Lipinski definition) is 3. The van der Waals surface area contributed by atoms with E-state index in [0.29, 0.717) is 11.4 Å². The number of anilines is 2. The van der Waals surface area contributed by atoms with E-state index in [1.807, 2.05) is 85.1 Å². The molecular weight excluding hydrogens is 715 g/mol. The van der Waals surface area contributed by atoms with Gasteiger partial charge in [0.15, 0.2) is 0 Å². The van der Waals surface area contributed by atoms with E-state index in [4.69, 9.17) is 26.5 Å². The first-order chi connectivity index (χ1) is 20.5. The van der Waals surface area contributed by atoms with Gasteiger partial charge in [-0.1, -0.05) is 41.6 Å². The molecule has 1 radical (unpaired) electrons. The van der Waals surface area contributed by atoms with E-state index in [0.717, 1.165) is 44.9 Å². The molecule has 1 atom stereocenters. The molecule has 7 nitrogen and oxygen atoms in total. The van der Waals surface area contributed by atoms with Gasteiger partial charge < -0.3 is 16.6 Å². The molecule has 7 rings (SSSR count). The molecule has 6 aromatic rings. The molecule has 0 bridgehead atoms. The smallest absolute Gasteiger partial charge is 0.354 e. The molecule has 1 aliphatic carbocycles. The Balaban J connectivity index is 0.000000318. The van der Waals surface area contributed by atoms with Crippen LogP contribution in [0.3, 0.4) is 0 Å². The third-order valence-corrected chi connectivity index (χ3v) is 7.13. The van der Waals surface area contributed by atoms with E-state index in [2.05, 4.69) is 29.2 Å². The minimum atomic E-state index is -0.990. The maximum Gasteiger partial charge on any atom is 0.354 e. The molecular formula is C35H25IrN5O2-2. The van der Waals surface area contributed by atoms with Gasteiger partial charge in [0.1, 0.15) is 5.69 Å². The molecule has 43 heavy (non-hydrogen) atoms. The van der Waals surface area contributed by atoms with Crippen molar-refractivity contribution in [1.29, 1.82) is 0 Å². The van der Waals surface area contributed by atoms with Gasteiger partial charge in [-0.2, -0.15) is 12.1 Å². The SMILES string of the molecule is Nc1c[c-]c2c(c1)-c1cc(N)ccc1[C@]2(c1ccccn1)c1cccc(-c2[c-]cccc2)n1.O=C(O)c1ccccn1.[Ir]. The van der Waals surface area contributed by atoms with Crippen LogP contribution in [0.5, 0.6) is 0 Å². The molecule has 0 unspecified atom stereocenters. The number of pyridine rings is 3. The van der Waals surface area contributed by atoms with Gasteiger partial charge in [-0.05, 0) is 53.7 Å². The quantitative estimate of drug-likeness (QED) is 0.148. The van der Waals surface area contributed by atoms with Crippen LogP contribution in [-0.4, -0.2) is 26.0 Å². The summed E-state index contributed by atoms with van der Waals surface area (Å²) in [6.07, 6.45) is 3.27. The largest absolute Gasteiger partial charge is 0.477 e. The van der Waals surface area contributed by atoms with Crippen LogP contribution in [0.4, 0.5) is 11.4 Å². The second-order valence-corrected chi connectivity index (χ2v) is 9.70. The average molecular weight is 740 g/mol. The van der Waals surface area contributed by atoms with Gasteiger partial charge in [-0.25, -0.2) is 9.78 Å². The summed E-state index contributed by atoms with van der Waals surface area (Å²) in [4.78, 5) is 23.7. The number of carbonyl (C=O) groups is 1. The van der Waals surface area contributed by atoms with Crippen LogP contribution in [0, 0.1) is 12.1 Å². The van der Waals surface area contributed by atoms with Crippen molar-refractivity contribution in [1.82, 2.24) is 15.0 Å². The molecule has 3 aromatic carbocycles. The maximum absolute atomic E-state index is 10.1. The van der Waals surface area contributed by atoms with Crippen LogP contribution in [-0.2, 0) is 25.5 Å². The van der Waals surface area contributed by atoms with Gasteiger partial charge in [0, 0.05) is 43.9 Å². The molecule has 0 fully saturated rings. The van der Waals surface area contributed by atoms with Crippen LogP contribution in [0.15, 0.2) is 122 Å². The monoisotopic (exact) mass is 740 g/mol. The Morgan fingerprint density at radius 2 is 1.49 bits per heavy atom. The number of hydrogen-bond acceptors (Lipinski definition) is 6. The number of nitrogens with two attached hydrogens (primary N) is 2. The third kappa shape index (κ3) is 5.42. The minimum absolute atomic E-state index is 0. The summed E-state index contributed by atoms with van der Waals surface area (Å²) in [5.74, 6) is -0.990. The fraction of sp³-hybridized carbons (Fsp3) is 0.0286. The number of aromatic carboxylic acids is 1. The zero-order valence-electron chi connectivity index (χ0n) is 22.7. The zero-order chi connectivity index (χ0) is 29.1. The molecule has 5 N–H and O–H groups in total. The number of nitrogens with zero attached hydrogens (tertiary/aromatic N) is 3. The summed E-state index contributed by atoms with van der Waals surface area (Å²) in [5.41, 5.74) is 20.7. The number of carboxylic acid groups (broad SMARTS) is 1. The van der Waals surface area contributed by atoms with E-state index in [1.165, 1.54) is 12.3 Å². The molecule has 0 saturated heterocycles. The molecule has 3 aromatic heterocycles. The number of nitrogen functional groups attached to an aromatic ring is 2. The molecule has 0 spiro atoms. The van der Waals surface area contributed by atoms with E-state index >= 15 is 0 Å². The van der Waals surface area contributed by atoms with Crippen molar-refractivity contribution in [3.05, 3.63) is 162 Å². The fourth-order valence-electron chi connectivity index (χ4n) is 5.37. The van der Waals surface area contributed by atoms with E-state index < -0.39 is 11.4 Å². The number of fused-ring (bicyclic) bond motifs is 3. The van der Waals surface area contributed by atoms with Crippen molar-refractivity contribution in [3.8, 4) is 22.4 Å². The van der Waals surface area contributed by atoms with Gasteiger partial charge in [-0.15, -0.1) is 53.1 Å². The van der Waals surface area contributed by atoms with Gasteiger partial charge >= 0.3 is 5.97 Å². The van der Waals surface area contributed by atoms with Gasteiger partial charge in [0.2, 0.25) is 0 Å². The second-order valence-electron chi connectivity index (χ2n) is 9.70. The van der Waals surface area contributed by atoms with Crippen LogP contribution in [0.2, 0.25) is 0 Å². The van der Waals surface area contributed by atoms with Crippen molar-refractivity contribution in [3.63, 3.8) is 0 Å². The topological polar surface area (TPSA) is 128 Å². The maximum atomic E-state index is 10.1. The molecule has 0 amide bonds. The third-order valence-electron chi connectivity index (χ3n) is 7.13. The van der Waals surface area contributed by atoms with Gasteiger partial charge in [0.25, 0.3) is 0 Å². The van der Waals surface area contributed by atoms with Crippen molar-refractivity contribution >= 4 is 17.3 Å². The fourth-order valence-corrected chi connectivity index (χ4v) is 5.37. The number of benzene rings is 3. The Hall–Kier alpha value is -5.17. The van der Waals surface area contributed by atoms with Gasteiger partial charge in [-0.3, -0.25) is 9.97 Å². The van der Waals surface area contributed by atoms with E-state index in [9.17, 15) is 4.79 Å². The Morgan fingerprint density at radius 1 is 0.744 bits per heavy atom. The van der Waals surface area contributed by atoms with Crippen molar-refractivity contribution in [2.24, 2.45) is 0 Å². The Labute approximate surface area is 262 Å². The average Bonchev–Trinajstić information content (AvgIpc) is 3.32. The Morgan fingerprint density at radius 3 is 2.16 bits per heavy atom. The summed E-state index contributed by atoms with van der Waals surface area (Å²) >= 11 is 0. The predicted molar refractivity (Wildman–Crippen MR) is 162 cm³/mol. The summed E-state index contributed by atoms with van der Waals surface area (Å²) in [6, 6.07) is 41.3. The minimum Gasteiger partial charge on any atom is -0.477 e. The molecule has 3 heterocycles. The molecule has 1 aliphatic rings. The standard InChI is InChI=1S/C29H20N4.C6H5NO2.Ir/c30-20-12-14-24-22(17-20)23-18-21(31)13-15-25(23)29(24,27-10-4-5-16-32-27)28-11-6-9-26(33-28)19-7-2-1-3-8-19;8-6(9)5-3-1-2-4-7-5;/h1-7,9-14,16-18H,30-31H2;1-4H,(H,8,9);/q-2;;/t29-;;/m0../s1. The van der Waals surface area contributed by atoms with Crippen LogP contribution in [0.1, 0.15) is 33.0 Å². The Bertz CT molecular complexity index is 1830. The summed E-state index contributed by atoms with van der Waals surface area (Å²) in [7, 11) is 0. The summed E-state index contributed by atoms with van der Waals surface area (Å²) in [5, 5.41) is 8.32. The van der Waals surface area contributed by atoms with E-state index in [1.54, 1.807) is 12.1 Å². The van der Waals surface area contributed by atoms with Crippen molar-refractivity contribution in [2.45, 2.75) is 5.41 Å². The first-order valence-electron chi connectivity index (χ1n) is 13.2. The summed E-state index contributed by atoms with van der Waals surface area (Å²) < 4.78 is 0.